The molecule has 0 aliphatic rings. The van der Waals surface area contributed by atoms with Crippen molar-refractivity contribution < 1.29 is 23.1 Å². The zero-order valence-electron chi connectivity index (χ0n) is 6.77. The van der Waals surface area contributed by atoms with E-state index in [-0.39, 0.29) is 36.2 Å². The molecule has 0 spiro atoms. The molecule has 0 saturated carbocycles. The van der Waals surface area contributed by atoms with Crippen LogP contribution < -0.4 is 0 Å². The van der Waals surface area contributed by atoms with Crippen LogP contribution in [0.2, 0.25) is 0 Å². The van der Waals surface area contributed by atoms with Gasteiger partial charge in [-0.05, 0) is 6.92 Å². The molecule has 13 heavy (non-hydrogen) atoms. The fourth-order valence-corrected chi connectivity index (χ4v) is 0.958. The summed E-state index contributed by atoms with van der Waals surface area (Å²) in [5.41, 5.74) is 0. The normalized spacial score (nSPS) is 11.7. The van der Waals surface area contributed by atoms with Gasteiger partial charge in [-0.1, -0.05) is 0 Å². The Balaban J connectivity index is 0. The number of carbonyl (C=O) groups is 1. The Hall–Kier alpha value is -0.0400. The molecule has 0 radical (unpaired) electrons. The summed E-state index contributed by atoms with van der Waals surface area (Å²) < 4.78 is 25.3. The molecule has 0 unspecified atom stereocenters. The molecule has 0 heterocycles. The van der Waals surface area contributed by atoms with Crippen LogP contribution in [-0.2, 0) is 19.4 Å². The fraction of sp³-hybridized carbons (Fsp3) is 0.500. The first kappa shape index (κ1) is 15.4. The molecule has 0 aromatic rings. The van der Waals surface area contributed by atoms with Gasteiger partial charge in [0, 0.05) is 6.26 Å². The van der Waals surface area contributed by atoms with Crippen molar-refractivity contribution in [2.75, 3.05) is 12.9 Å². The summed E-state index contributed by atoms with van der Waals surface area (Å²) in [7, 11) is -3.50. The molecule has 0 rings (SSSR count). The molecule has 0 amide bonds. The topological polar surface area (TPSA) is 80.7 Å². The molecule has 0 saturated heterocycles. The second kappa shape index (κ2) is 6.42. The van der Waals surface area contributed by atoms with Crippen molar-refractivity contribution in [2.24, 2.45) is 0 Å². The van der Waals surface area contributed by atoms with Crippen LogP contribution in [0.3, 0.4) is 0 Å². The van der Waals surface area contributed by atoms with E-state index in [1.807, 2.05) is 0 Å². The predicted octanol–water partition coefficient (Wildman–Crippen LogP) is -0.655. The predicted molar refractivity (Wildman–Crippen MR) is 49.3 cm³/mol. The van der Waals surface area contributed by atoms with Crippen molar-refractivity contribution in [1.29, 1.82) is 0 Å². The third kappa shape index (κ3) is 8.29. The molecule has 0 aliphatic carbocycles. The van der Waals surface area contributed by atoms with Crippen LogP contribution in [0.15, 0.2) is 11.2 Å². The molecule has 72 valence electrons. The summed E-state index contributed by atoms with van der Waals surface area (Å²) in [6, 6.07) is 0. The molecular formula is C6H11NaO5S. The van der Waals surface area contributed by atoms with Gasteiger partial charge >= 0.3 is 35.5 Å². The van der Waals surface area contributed by atoms with Crippen LogP contribution >= 0.6 is 0 Å². The standard InChI is InChI=1S/C6H10O5S.Na.H/c1-3-11-6(8)5(7)4-12(2,9)10;;/h4,7H,3H2,1-2H3;;. The Morgan fingerprint density at radius 2 is 2.00 bits per heavy atom. The molecule has 0 aromatic carbocycles. The van der Waals surface area contributed by atoms with Crippen LogP contribution in [-0.4, -0.2) is 61.9 Å². The van der Waals surface area contributed by atoms with E-state index in [0.29, 0.717) is 5.41 Å². The molecule has 0 atom stereocenters. The summed E-state index contributed by atoms with van der Waals surface area (Å²) in [6.07, 6.45) is 0.864. The average molecular weight is 218 g/mol. The Bertz CT molecular complexity index is 292. The number of hydrogen-bond donors (Lipinski definition) is 1. The molecule has 0 aliphatic heterocycles. The third-order valence-electron chi connectivity index (χ3n) is 0.810. The Morgan fingerprint density at radius 3 is 2.31 bits per heavy atom. The van der Waals surface area contributed by atoms with Crippen molar-refractivity contribution >= 4 is 45.4 Å². The summed E-state index contributed by atoms with van der Waals surface area (Å²) in [6.45, 7) is 1.63. The van der Waals surface area contributed by atoms with E-state index in [1.165, 1.54) is 0 Å². The van der Waals surface area contributed by atoms with Crippen LogP contribution in [0.4, 0.5) is 0 Å². The zero-order chi connectivity index (χ0) is 9.78. The van der Waals surface area contributed by atoms with Crippen LogP contribution in [0.5, 0.6) is 0 Å². The summed E-state index contributed by atoms with van der Waals surface area (Å²) in [5.74, 6) is -1.94. The first-order valence-corrected chi connectivity index (χ1v) is 5.10. The zero-order valence-corrected chi connectivity index (χ0v) is 7.59. The van der Waals surface area contributed by atoms with Gasteiger partial charge in [-0.15, -0.1) is 0 Å². The van der Waals surface area contributed by atoms with Gasteiger partial charge in [0.1, 0.15) is 0 Å². The van der Waals surface area contributed by atoms with Crippen LogP contribution in [0, 0.1) is 0 Å². The van der Waals surface area contributed by atoms with Gasteiger partial charge in [0.25, 0.3) is 0 Å². The van der Waals surface area contributed by atoms with E-state index < -0.39 is 21.6 Å². The monoisotopic (exact) mass is 218 g/mol. The number of ether oxygens (including phenoxy) is 1. The summed E-state index contributed by atoms with van der Waals surface area (Å²) >= 11 is 0. The van der Waals surface area contributed by atoms with Crippen LogP contribution in [0.25, 0.3) is 0 Å². The molecule has 0 bridgehead atoms. The van der Waals surface area contributed by atoms with Gasteiger partial charge in [0.05, 0.1) is 12.0 Å². The molecule has 5 nitrogen and oxygen atoms in total. The average Bonchev–Trinajstić information content (AvgIpc) is 1.84. The first-order chi connectivity index (χ1) is 5.37. The molecular weight excluding hydrogens is 207 g/mol. The Morgan fingerprint density at radius 1 is 1.54 bits per heavy atom. The Kier molecular flexibility index (Phi) is 7.62. The van der Waals surface area contributed by atoms with Crippen molar-refractivity contribution in [3.05, 3.63) is 11.2 Å². The number of esters is 1. The SMILES string of the molecule is CCOC(=O)C(O)=CS(C)(=O)=O.[NaH]. The maximum atomic E-state index is 10.6. The Labute approximate surface area is 99.0 Å². The maximum absolute atomic E-state index is 10.6. The van der Waals surface area contributed by atoms with Crippen molar-refractivity contribution in [2.45, 2.75) is 6.92 Å². The quantitative estimate of drug-likeness (QED) is 0.294. The number of carbonyl (C=O) groups excluding carboxylic acids is 1. The van der Waals surface area contributed by atoms with E-state index in [9.17, 15) is 13.2 Å². The van der Waals surface area contributed by atoms with E-state index in [4.69, 9.17) is 5.11 Å². The molecule has 0 fully saturated rings. The second-order valence-corrected chi connectivity index (χ2v) is 3.95. The molecule has 0 aromatic heterocycles. The minimum absolute atomic E-state index is 0. The second-order valence-electron chi connectivity index (χ2n) is 2.05. The number of hydrogen-bond acceptors (Lipinski definition) is 5. The van der Waals surface area contributed by atoms with E-state index in [2.05, 4.69) is 4.74 Å². The van der Waals surface area contributed by atoms with Gasteiger partial charge in [-0.25, -0.2) is 13.2 Å². The minimum atomic E-state index is -3.50. The third-order valence-corrected chi connectivity index (χ3v) is 1.46. The number of aliphatic hydroxyl groups excluding tert-OH is 1. The van der Waals surface area contributed by atoms with Gasteiger partial charge < -0.3 is 9.84 Å². The first-order valence-electron chi connectivity index (χ1n) is 3.14. The van der Waals surface area contributed by atoms with Gasteiger partial charge in [-0.2, -0.15) is 0 Å². The molecule has 7 heteroatoms. The van der Waals surface area contributed by atoms with Crippen molar-refractivity contribution in [3.8, 4) is 0 Å². The van der Waals surface area contributed by atoms with Crippen molar-refractivity contribution in [1.82, 2.24) is 0 Å². The summed E-state index contributed by atoms with van der Waals surface area (Å²) in [4.78, 5) is 10.6. The summed E-state index contributed by atoms with van der Waals surface area (Å²) in [5, 5.41) is 9.24. The van der Waals surface area contributed by atoms with Gasteiger partial charge in [0.2, 0.25) is 5.76 Å². The number of rotatable bonds is 3. The fourth-order valence-electron chi connectivity index (χ4n) is 0.456. The van der Waals surface area contributed by atoms with Crippen LogP contribution in [0.1, 0.15) is 6.92 Å². The van der Waals surface area contributed by atoms with E-state index in [0.717, 1.165) is 6.26 Å². The van der Waals surface area contributed by atoms with E-state index >= 15 is 0 Å². The van der Waals surface area contributed by atoms with E-state index in [1.54, 1.807) is 6.92 Å². The number of aliphatic hydroxyl groups is 1. The van der Waals surface area contributed by atoms with Crippen molar-refractivity contribution in [3.63, 3.8) is 0 Å². The number of sulfone groups is 1. The molecule has 1 N–H and O–H groups in total. The van der Waals surface area contributed by atoms with Gasteiger partial charge in [-0.3, -0.25) is 0 Å². The van der Waals surface area contributed by atoms with Gasteiger partial charge in [0.15, 0.2) is 9.84 Å².